The minimum absolute atomic E-state index is 0.155. The van der Waals surface area contributed by atoms with Crippen molar-refractivity contribution < 1.29 is 19.5 Å². The van der Waals surface area contributed by atoms with Crippen molar-refractivity contribution in [1.29, 1.82) is 0 Å². The van der Waals surface area contributed by atoms with Crippen molar-refractivity contribution >= 4 is 17.8 Å². The molecule has 0 aromatic heterocycles. The van der Waals surface area contributed by atoms with E-state index in [-0.39, 0.29) is 18.2 Å². The molecule has 5 heteroatoms. The van der Waals surface area contributed by atoms with E-state index >= 15 is 0 Å². The smallest absolute Gasteiger partial charge is 0.331 e. The molecular weight excluding hydrogens is 270 g/mol. The number of likely N-dealkylation sites (tertiary alicyclic amines) is 1. The molecule has 2 amide bonds. The van der Waals surface area contributed by atoms with Crippen LogP contribution >= 0.6 is 0 Å². The SMILES string of the molecule is O=C(O)[C@H](c1ccccc1)N1C(=O)CC2(CCCC2)C1=O. The summed E-state index contributed by atoms with van der Waals surface area (Å²) in [6.07, 6.45) is 3.39. The molecule has 1 aliphatic carbocycles. The van der Waals surface area contributed by atoms with Crippen LogP contribution in [0, 0.1) is 5.41 Å². The molecule has 1 heterocycles. The Balaban J connectivity index is 1.99. The zero-order valence-corrected chi connectivity index (χ0v) is 11.6. The van der Waals surface area contributed by atoms with Crippen molar-refractivity contribution in [3.05, 3.63) is 35.9 Å². The quantitative estimate of drug-likeness (QED) is 0.864. The summed E-state index contributed by atoms with van der Waals surface area (Å²) in [6.45, 7) is 0. The van der Waals surface area contributed by atoms with Gasteiger partial charge in [-0.15, -0.1) is 0 Å². The summed E-state index contributed by atoms with van der Waals surface area (Å²) in [5.41, 5.74) is -0.179. The van der Waals surface area contributed by atoms with Crippen LogP contribution in [0.25, 0.3) is 0 Å². The van der Waals surface area contributed by atoms with Gasteiger partial charge < -0.3 is 5.11 Å². The Bertz CT molecular complexity index is 590. The number of aliphatic carboxylic acids is 1. The number of carboxylic acid groups (broad SMARTS) is 1. The van der Waals surface area contributed by atoms with Gasteiger partial charge in [-0.25, -0.2) is 4.79 Å². The highest BCUT2D eigenvalue weighted by molar-refractivity contribution is 6.08. The second-order valence-electron chi connectivity index (χ2n) is 5.88. The summed E-state index contributed by atoms with van der Waals surface area (Å²) in [5.74, 6) is -1.84. The molecule has 3 rings (SSSR count). The first-order valence-corrected chi connectivity index (χ1v) is 7.19. The first-order valence-electron chi connectivity index (χ1n) is 7.19. The van der Waals surface area contributed by atoms with Crippen molar-refractivity contribution in [2.75, 3.05) is 0 Å². The highest BCUT2D eigenvalue weighted by Gasteiger charge is 2.55. The number of benzene rings is 1. The van der Waals surface area contributed by atoms with Gasteiger partial charge in [-0.2, -0.15) is 0 Å². The number of carboxylic acids is 1. The van der Waals surface area contributed by atoms with Crippen LogP contribution < -0.4 is 0 Å². The lowest BCUT2D eigenvalue weighted by Gasteiger charge is -2.26. The molecule has 21 heavy (non-hydrogen) atoms. The number of hydrogen-bond acceptors (Lipinski definition) is 3. The van der Waals surface area contributed by atoms with E-state index in [4.69, 9.17) is 0 Å². The fourth-order valence-corrected chi connectivity index (χ4v) is 3.56. The van der Waals surface area contributed by atoms with Gasteiger partial charge in [0.05, 0.1) is 5.41 Å². The Morgan fingerprint density at radius 1 is 1.14 bits per heavy atom. The Morgan fingerprint density at radius 2 is 1.76 bits per heavy atom. The summed E-state index contributed by atoms with van der Waals surface area (Å²) in [6, 6.07) is 7.25. The molecule has 1 saturated carbocycles. The highest BCUT2D eigenvalue weighted by Crippen LogP contribution is 2.48. The number of rotatable bonds is 3. The predicted molar refractivity (Wildman–Crippen MR) is 74.2 cm³/mol. The van der Waals surface area contributed by atoms with Gasteiger partial charge in [0.25, 0.3) is 0 Å². The van der Waals surface area contributed by atoms with Gasteiger partial charge in [-0.05, 0) is 18.4 Å². The molecule has 0 unspecified atom stereocenters. The van der Waals surface area contributed by atoms with E-state index in [1.54, 1.807) is 30.3 Å². The van der Waals surface area contributed by atoms with Crippen LogP contribution in [-0.4, -0.2) is 27.8 Å². The average Bonchev–Trinajstić information content (AvgIpc) is 3.01. The van der Waals surface area contributed by atoms with Gasteiger partial charge in [0, 0.05) is 6.42 Å². The molecule has 0 bridgehead atoms. The molecule has 1 aromatic carbocycles. The van der Waals surface area contributed by atoms with E-state index in [0.29, 0.717) is 18.4 Å². The van der Waals surface area contributed by atoms with E-state index in [2.05, 4.69) is 0 Å². The van der Waals surface area contributed by atoms with Gasteiger partial charge in [0.1, 0.15) is 0 Å². The first kappa shape index (κ1) is 13.8. The van der Waals surface area contributed by atoms with Crippen molar-refractivity contribution in [3.8, 4) is 0 Å². The fraction of sp³-hybridized carbons (Fsp3) is 0.438. The molecule has 1 saturated heterocycles. The van der Waals surface area contributed by atoms with E-state index < -0.39 is 17.4 Å². The monoisotopic (exact) mass is 287 g/mol. The zero-order chi connectivity index (χ0) is 15.0. The minimum atomic E-state index is -1.22. The maximum Gasteiger partial charge on any atom is 0.331 e. The van der Waals surface area contributed by atoms with Gasteiger partial charge in [0.2, 0.25) is 11.8 Å². The van der Waals surface area contributed by atoms with E-state index in [1.807, 2.05) is 0 Å². The van der Waals surface area contributed by atoms with Crippen LogP contribution in [0.3, 0.4) is 0 Å². The van der Waals surface area contributed by atoms with Crippen LogP contribution in [0.15, 0.2) is 30.3 Å². The van der Waals surface area contributed by atoms with Crippen LogP contribution in [0.4, 0.5) is 0 Å². The van der Waals surface area contributed by atoms with Crippen LogP contribution in [0.1, 0.15) is 43.7 Å². The van der Waals surface area contributed by atoms with Crippen LogP contribution in [-0.2, 0) is 14.4 Å². The number of nitrogens with zero attached hydrogens (tertiary/aromatic N) is 1. The van der Waals surface area contributed by atoms with Gasteiger partial charge >= 0.3 is 5.97 Å². The maximum atomic E-state index is 12.7. The van der Waals surface area contributed by atoms with Gasteiger partial charge in [-0.3, -0.25) is 14.5 Å². The second-order valence-corrected chi connectivity index (χ2v) is 5.88. The molecule has 2 aliphatic rings. The molecule has 5 nitrogen and oxygen atoms in total. The fourth-order valence-electron chi connectivity index (χ4n) is 3.56. The minimum Gasteiger partial charge on any atom is -0.479 e. The lowest BCUT2D eigenvalue weighted by atomic mass is 9.84. The van der Waals surface area contributed by atoms with Crippen molar-refractivity contribution in [1.82, 2.24) is 4.90 Å². The summed E-state index contributed by atoms with van der Waals surface area (Å²) < 4.78 is 0. The molecule has 1 atom stereocenters. The van der Waals surface area contributed by atoms with Crippen molar-refractivity contribution in [3.63, 3.8) is 0 Å². The van der Waals surface area contributed by atoms with Gasteiger partial charge in [0.15, 0.2) is 6.04 Å². The third kappa shape index (κ3) is 2.13. The average molecular weight is 287 g/mol. The largest absolute Gasteiger partial charge is 0.479 e. The topological polar surface area (TPSA) is 74.7 Å². The molecule has 110 valence electrons. The Labute approximate surface area is 122 Å². The number of imide groups is 1. The highest BCUT2D eigenvalue weighted by atomic mass is 16.4. The number of carbonyl (C=O) groups is 3. The Hall–Kier alpha value is -2.17. The predicted octanol–water partition coefficient (Wildman–Crippen LogP) is 2.13. The lowest BCUT2D eigenvalue weighted by molar-refractivity contribution is -0.156. The number of amides is 2. The number of hydrogen-bond donors (Lipinski definition) is 1. The van der Waals surface area contributed by atoms with E-state index in [1.165, 1.54) is 0 Å². The molecular formula is C16H17NO4. The molecule has 1 aliphatic heterocycles. The third-order valence-electron chi connectivity index (χ3n) is 4.60. The molecule has 1 aromatic rings. The standard InChI is InChI=1S/C16H17NO4/c18-12-10-16(8-4-5-9-16)15(21)17(12)13(14(19)20)11-6-2-1-3-7-11/h1-3,6-7,13H,4-5,8-10H2,(H,19,20)/t13-/m0/s1. The summed E-state index contributed by atoms with van der Waals surface area (Å²) in [5, 5.41) is 9.51. The lowest BCUT2D eigenvalue weighted by Crippen LogP contribution is -2.40. The van der Waals surface area contributed by atoms with Crippen molar-refractivity contribution in [2.45, 2.75) is 38.1 Å². The zero-order valence-electron chi connectivity index (χ0n) is 11.6. The van der Waals surface area contributed by atoms with Crippen LogP contribution in [0.5, 0.6) is 0 Å². The second kappa shape index (κ2) is 4.98. The third-order valence-corrected chi connectivity index (χ3v) is 4.60. The van der Waals surface area contributed by atoms with Crippen LogP contribution in [0.2, 0.25) is 0 Å². The number of carbonyl (C=O) groups excluding carboxylic acids is 2. The molecule has 1 N–H and O–H groups in total. The maximum absolute atomic E-state index is 12.7. The molecule has 1 spiro atoms. The normalized spacial score (nSPS) is 22.0. The summed E-state index contributed by atoms with van der Waals surface area (Å²) in [7, 11) is 0. The van der Waals surface area contributed by atoms with E-state index in [9.17, 15) is 19.5 Å². The Kier molecular flexibility index (Phi) is 3.27. The molecule has 0 radical (unpaired) electrons. The Morgan fingerprint density at radius 3 is 2.33 bits per heavy atom. The first-order chi connectivity index (χ1) is 10.1. The summed E-state index contributed by atoms with van der Waals surface area (Å²) in [4.78, 5) is 37.6. The van der Waals surface area contributed by atoms with Crippen molar-refractivity contribution in [2.24, 2.45) is 5.41 Å². The summed E-state index contributed by atoms with van der Waals surface area (Å²) >= 11 is 0. The van der Waals surface area contributed by atoms with Gasteiger partial charge in [-0.1, -0.05) is 43.2 Å². The van der Waals surface area contributed by atoms with E-state index in [0.717, 1.165) is 17.7 Å². The molecule has 2 fully saturated rings.